The van der Waals surface area contributed by atoms with Crippen molar-refractivity contribution in [2.75, 3.05) is 18.4 Å². The smallest absolute Gasteiger partial charge is 0.252 e. The monoisotopic (exact) mass is 297 g/mol. The number of carbonyl (C=O) groups excluding carboxylic acids is 2. The Morgan fingerprint density at radius 3 is 2.60 bits per heavy atom. The minimum Gasteiger partial charge on any atom is -0.352 e. The minimum absolute atomic E-state index is 0.180. The van der Waals surface area contributed by atoms with Crippen molar-refractivity contribution in [2.45, 2.75) is 20.3 Å². The summed E-state index contributed by atoms with van der Waals surface area (Å²) in [6, 6.07) is 4.79. The number of anilines is 1. The number of nitrogens with one attached hydrogen (secondary N) is 2. The fourth-order valence-corrected chi connectivity index (χ4v) is 1.79. The lowest BCUT2D eigenvalue weighted by atomic mass is 10.1. The van der Waals surface area contributed by atoms with Crippen LogP contribution in [-0.2, 0) is 4.79 Å². The number of nitrogens with two attached hydrogens (primary N) is 1. The van der Waals surface area contributed by atoms with Gasteiger partial charge < -0.3 is 16.4 Å². The van der Waals surface area contributed by atoms with Gasteiger partial charge in [-0.15, -0.1) is 0 Å². The Bertz CT molecular complexity index is 489. The third kappa shape index (κ3) is 5.19. The fraction of sp³-hybridized carbons (Fsp3) is 0.429. The van der Waals surface area contributed by atoms with Gasteiger partial charge in [0, 0.05) is 25.2 Å². The van der Waals surface area contributed by atoms with Gasteiger partial charge in [0.2, 0.25) is 5.91 Å². The van der Waals surface area contributed by atoms with E-state index in [2.05, 4.69) is 10.6 Å². The van der Waals surface area contributed by atoms with E-state index in [1.54, 1.807) is 18.2 Å². The van der Waals surface area contributed by atoms with Crippen LogP contribution in [0.15, 0.2) is 18.2 Å². The van der Waals surface area contributed by atoms with Crippen LogP contribution in [0.2, 0.25) is 5.02 Å². The molecule has 0 aliphatic rings. The number of rotatable bonds is 6. The molecule has 5 nitrogen and oxygen atoms in total. The molecular weight excluding hydrogens is 278 g/mol. The van der Waals surface area contributed by atoms with Crippen molar-refractivity contribution < 1.29 is 9.59 Å². The van der Waals surface area contributed by atoms with Gasteiger partial charge in [0.15, 0.2) is 0 Å². The van der Waals surface area contributed by atoms with Gasteiger partial charge in [-0.05, 0) is 24.1 Å². The Morgan fingerprint density at radius 2 is 2.05 bits per heavy atom. The average molecular weight is 298 g/mol. The highest BCUT2D eigenvalue weighted by Crippen LogP contribution is 2.21. The first-order chi connectivity index (χ1) is 9.43. The highest BCUT2D eigenvalue weighted by molar-refractivity contribution is 6.34. The van der Waals surface area contributed by atoms with E-state index < -0.39 is 0 Å². The lowest BCUT2D eigenvalue weighted by molar-refractivity contribution is -0.116. The van der Waals surface area contributed by atoms with Gasteiger partial charge in [-0.1, -0.05) is 25.4 Å². The molecule has 0 saturated carbocycles. The highest BCUT2D eigenvalue weighted by atomic mass is 35.5. The molecule has 2 amide bonds. The summed E-state index contributed by atoms with van der Waals surface area (Å²) in [4.78, 5) is 23.3. The SMILES string of the molecule is CC(C)CNC(=O)c1ccc(NC(=O)CCN)cc1Cl. The maximum Gasteiger partial charge on any atom is 0.252 e. The van der Waals surface area contributed by atoms with Crippen LogP contribution in [0, 0.1) is 5.92 Å². The second-order valence-corrected chi connectivity index (χ2v) is 5.29. The van der Waals surface area contributed by atoms with Crippen LogP contribution in [0.1, 0.15) is 30.6 Å². The zero-order valence-electron chi connectivity index (χ0n) is 11.7. The van der Waals surface area contributed by atoms with E-state index in [0.717, 1.165) is 0 Å². The summed E-state index contributed by atoms with van der Waals surface area (Å²) >= 11 is 6.06. The summed E-state index contributed by atoms with van der Waals surface area (Å²) in [6.45, 7) is 4.90. The molecule has 1 rings (SSSR count). The largest absolute Gasteiger partial charge is 0.352 e. The molecule has 0 saturated heterocycles. The summed E-state index contributed by atoms with van der Waals surface area (Å²) < 4.78 is 0. The summed E-state index contributed by atoms with van der Waals surface area (Å²) in [5.41, 5.74) is 6.24. The van der Waals surface area contributed by atoms with Gasteiger partial charge in [0.25, 0.3) is 5.91 Å². The maximum atomic E-state index is 11.9. The van der Waals surface area contributed by atoms with Gasteiger partial charge in [-0.2, -0.15) is 0 Å². The molecule has 0 radical (unpaired) electrons. The van der Waals surface area contributed by atoms with Crippen molar-refractivity contribution in [3.8, 4) is 0 Å². The standard InChI is InChI=1S/C14H20ClN3O2/c1-9(2)8-17-14(20)11-4-3-10(7-12(11)15)18-13(19)5-6-16/h3-4,7,9H,5-6,8,16H2,1-2H3,(H,17,20)(H,18,19). The first kappa shape index (κ1) is 16.5. The molecule has 0 bridgehead atoms. The maximum absolute atomic E-state index is 11.9. The number of hydrogen-bond acceptors (Lipinski definition) is 3. The van der Waals surface area contributed by atoms with Gasteiger partial charge >= 0.3 is 0 Å². The zero-order valence-corrected chi connectivity index (χ0v) is 12.5. The first-order valence-electron chi connectivity index (χ1n) is 6.51. The van der Waals surface area contributed by atoms with Crippen LogP contribution in [0.3, 0.4) is 0 Å². The third-order valence-corrected chi connectivity index (χ3v) is 2.85. The summed E-state index contributed by atoms with van der Waals surface area (Å²) in [5.74, 6) is -0.0309. The van der Waals surface area contributed by atoms with E-state index in [0.29, 0.717) is 28.7 Å². The van der Waals surface area contributed by atoms with Crippen molar-refractivity contribution >= 4 is 29.1 Å². The van der Waals surface area contributed by atoms with Crippen LogP contribution in [0.4, 0.5) is 5.69 Å². The molecule has 0 aliphatic heterocycles. The van der Waals surface area contributed by atoms with E-state index in [9.17, 15) is 9.59 Å². The molecule has 0 fully saturated rings. The predicted octanol–water partition coefficient (Wildman–Crippen LogP) is 2.01. The predicted molar refractivity (Wildman–Crippen MR) is 80.9 cm³/mol. The van der Waals surface area contributed by atoms with E-state index in [4.69, 9.17) is 17.3 Å². The zero-order chi connectivity index (χ0) is 15.1. The van der Waals surface area contributed by atoms with Crippen LogP contribution in [-0.4, -0.2) is 24.9 Å². The van der Waals surface area contributed by atoms with Crippen molar-refractivity contribution in [2.24, 2.45) is 11.7 Å². The molecule has 4 N–H and O–H groups in total. The third-order valence-electron chi connectivity index (χ3n) is 2.54. The molecule has 0 heterocycles. The van der Waals surface area contributed by atoms with Crippen LogP contribution in [0.5, 0.6) is 0 Å². The van der Waals surface area contributed by atoms with Gasteiger partial charge in [-0.25, -0.2) is 0 Å². The first-order valence-corrected chi connectivity index (χ1v) is 6.89. The Morgan fingerprint density at radius 1 is 1.35 bits per heavy atom. The number of hydrogen-bond donors (Lipinski definition) is 3. The molecule has 1 aromatic carbocycles. The van der Waals surface area contributed by atoms with Crippen molar-refractivity contribution in [3.05, 3.63) is 28.8 Å². The highest BCUT2D eigenvalue weighted by Gasteiger charge is 2.11. The fourth-order valence-electron chi connectivity index (χ4n) is 1.52. The van der Waals surface area contributed by atoms with E-state index in [1.165, 1.54) is 0 Å². The van der Waals surface area contributed by atoms with Crippen molar-refractivity contribution in [1.82, 2.24) is 5.32 Å². The topological polar surface area (TPSA) is 84.2 Å². The second-order valence-electron chi connectivity index (χ2n) is 4.89. The average Bonchev–Trinajstić information content (AvgIpc) is 2.36. The van der Waals surface area contributed by atoms with Gasteiger partial charge in [0.05, 0.1) is 10.6 Å². The molecule has 0 aromatic heterocycles. The molecule has 0 aliphatic carbocycles. The van der Waals surface area contributed by atoms with Crippen LogP contribution < -0.4 is 16.4 Å². The summed E-state index contributed by atoms with van der Waals surface area (Å²) in [5, 5.41) is 5.76. The molecule has 0 unspecified atom stereocenters. The van der Waals surface area contributed by atoms with Gasteiger partial charge in [0.1, 0.15) is 0 Å². The Balaban J connectivity index is 2.72. The second kappa shape index (κ2) is 7.87. The number of halogens is 1. The number of amides is 2. The Labute approximate surface area is 123 Å². The number of carbonyl (C=O) groups is 2. The number of benzene rings is 1. The molecule has 0 atom stereocenters. The quantitative estimate of drug-likeness (QED) is 0.751. The van der Waals surface area contributed by atoms with E-state index in [1.807, 2.05) is 13.8 Å². The van der Waals surface area contributed by atoms with E-state index in [-0.39, 0.29) is 24.8 Å². The van der Waals surface area contributed by atoms with Crippen molar-refractivity contribution in [3.63, 3.8) is 0 Å². The van der Waals surface area contributed by atoms with E-state index >= 15 is 0 Å². The Kier molecular flexibility index (Phi) is 6.48. The molecule has 6 heteroatoms. The summed E-state index contributed by atoms with van der Waals surface area (Å²) in [6.07, 6.45) is 0.244. The van der Waals surface area contributed by atoms with Crippen molar-refractivity contribution in [1.29, 1.82) is 0 Å². The molecule has 0 spiro atoms. The molecular formula is C14H20ClN3O2. The lowest BCUT2D eigenvalue weighted by Gasteiger charge is -2.10. The van der Waals surface area contributed by atoms with Gasteiger partial charge in [-0.3, -0.25) is 9.59 Å². The molecule has 20 heavy (non-hydrogen) atoms. The van der Waals surface area contributed by atoms with Crippen LogP contribution in [0.25, 0.3) is 0 Å². The lowest BCUT2D eigenvalue weighted by Crippen LogP contribution is -2.27. The Hall–Kier alpha value is -1.59. The molecule has 110 valence electrons. The molecule has 1 aromatic rings. The normalized spacial score (nSPS) is 10.4. The summed E-state index contributed by atoms with van der Waals surface area (Å²) in [7, 11) is 0. The van der Waals surface area contributed by atoms with Crippen LogP contribution >= 0.6 is 11.6 Å². The minimum atomic E-state index is -0.219.